The first-order valence-electron chi connectivity index (χ1n) is 7.38. The fourth-order valence-corrected chi connectivity index (χ4v) is 2.71. The molecule has 20 heavy (non-hydrogen) atoms. The van der Waals surface area contributed by atoms with E-state index in [9.17, 15) is 18.0 Å². The Balaban J connectivity index is 2.51. The second-order valence-corrected chi connectivity index (χ2v) is 5.72. The highest BCUT2D eigenvalue weighted by molar-refractivity contribution is 5.76. The maximum absolute atomic E-state index is 12.5. The Morgan fingerprint density at radius 2 is 2.15 bits per heavy atom. The van der Waals surface area contributed by atoms with Crippen LogP contribution in [0.2, 0.25) is 0 Å². The predicted octanol–water partition coefficient (Wildman–Crippen LogP) is 2.81. The van der Waals surface area contributed by atoms with E-state index in [-0.39, 0.29) is 24.8 Å². The zero-order chi connectivity index (χ0) is 15.2. The second-order valence-electron chi connectivity index (χ2n) is 5.72. The zero-order valence-electron chi connectivity index (χ0n) is 12.3. The van der Waals surface area contributed by atoms with Gasteiger partial charge < -0.3 is 10.2 Å². The maximum atomic E-state index is 12.5. The highest BCUT2D eigenvalue weighted by Gasteiger charge is 2.33. The van der Waals surface area contributed by atoms with Crippen molar-refractivity contribution in [3.8, 4) is 0 Å². The van der Waals surface area contributed by atoms with E-state index in [1.165, 1.54) is 0 Å². The summed E-state index contributed by atoms with van der Waals surface area (Å²) >= 11 is 0. The van der Waals surface area contributed by atoms with Crippen LogP contribution in [0.25, 0.3) is 0 Å². The molecule has 0 aromatic carbocycles. The van der Waals surface area contributed by atoms with E-state index in [2.05, 4.69) is 5.32 Å². The van der Waals surface area contributed by atoms with E-state index in [0.717, 1.165) is 30.8 Å². The summed E-state index contributed by atoms with van der Waals surface area (Å²) in [5.74, 6) is 0.146. The fraction of sp³-hybridized carbons (Fsp3) is 0.929. The van der Waals surface area contributed by atoms with Crippen molar-refractivity contribution in [2.45, 2.75) is 45.7 Å². The standard InChI is InChI=1S/C14H25F3N2O/c1-3-7-19(10-14(15,16)17)13(20)8-11(2)12-5-4-6-18-9-12/h11-12,18H,3-10H2,1-2H3. The summed E-state index contributed by atoms with van der Waals surface area (Å²) in [6.45, 7) is 4.65. The van der Waals surface area contributed by atoms with Crippen molar-refractivity contribution >= 4 is 5.91 Å². The van der Waals surface area contributed by atoms with Crippen LogP contribution in [0.3, 0.4) is 0 Å². The smallest absolute Gasteiger partial charge is 0.334 e. The number of halogens is 3. The number of hydrogen-bond acceptors (Lipinski definition) is 2. The second kappa shape index (κ2) is 7.86. The largest absolute Gasteiger partial charge is 0.406 e. The minimum absolute atomic E-state index is 0.128. The van der Waals surface area contributed by atoms with Crippen LogP contribution in [-0.2, 0) is 4.79 Å². The predicted molar refractivity (Wildman–Crippen MR) is 72.3 cm³/mol. The molecule has 2 atom stereocenters. The van der Waals surface area contributed by atoms with Crippen molar-refractivity contribution in [1.82, 2.24) is 10.2 Å². The summed E-state index contributed by atoms with van der Waals surface area (Å²) in [5, 5.41) is 3.28. The highest BCUT2D eigenvalue weighted by atomic mass is 19.4. The van der Waals surface area contributed by atoms with Crippen molar-refractivity contribution in [2.75, 3.05) is 26.2 Å². The lowest BCUT2D eigenvalue weighted by Gasteiger charge is -2.30. The van der Waals surface area contributed by atoms with Gasteiger partial charge in [-0.3, -0.25) is 4.79 Å². The lowest BCUT2D eigenvalue weighted by Crippen LogP contribution is -2.41. The van der Waals surface area contributed by atoms with E-state index in [4.69, 9.17) is 0 Å². The first kappa shape index (κ1) is 17.3. The summed E-state index contributed by atoms with van der Waals surface area (Å²) in [6.07, 6.45) is -1.44. The molecule has 0 aromatic rings. The van der Waals surface area contributed by atoms with Gasteiger partial charge in [0.05, 0.1) is 0 Å². The number of carbonyl (C=O) groups is 1. The molecule has 1 heterocycles. The number of nitrogens with zero attached hydrogens (tertiary/aromatic N) is 1. The van der Waals surface area contributed by atoms with Crippen LogP contribution in [-0.4, -0.2) is 43.2 Å². The average Bonchev–Trinajstić information content (AvgIpc) is 2.37. The number of alkyl halides is 3. The molecule has 0 aromatic heterocycles. The number of carbonyl (C=O) groups excluding carboxylic acids is 1. The van der Waals surface area contributed by atoms with Crippen molar-refractivity contribution in [3.63, 3.8) is 0 Å². The molecule has 1 fully saturated rings. The third-order valence-electron chi connectivity index (χ3n) is 3.85. The van der Waals surface area contributed by atoms with Gasteiger partial charge in [0, 0.05) is 13.0 Å². The molecular formula is C14H25F3N2O. The Kier molecular flexibility index (Phi) is 6.79. The Bertz CT molecular complexity index is 301. The molecule has 118 valence electrons. The summed E-state index contributed by atoms with van der Waals surface area (Å²) in [7, 11) is 0. The van der Waals surface area contributed by atoms with Gasteiger partial charge in [0.15, 0.2) is 0 Å². The molecular weight excluding hydrogens is 269 g/mol. The van der Waals surface area contributed by atoms with Crippen molar-refractivity contribution in [3.05, 3.63) is 0 Å². The molecule has 0 saturated carbocycles. The lowest BCUT2D eigenvalue weighted by atomic mass is 9.85. The summed E-state index contributed by atoms with van der Waals surface area (Å²) in [5.41, 5.74) is 0. The molecule has 0 radical (unpaired) electrons. The Hall–Kier alpha value is -0.780. The highest BCUT2D eigenvalue weighted by Crippen LogP contribution is 2.24. The third kappa shape index (κ3) is 6.11. The van der Waals surface area contributed by atoms with Crippen LogP contribution in [0.15, 0.2) is 0 Å². The monoisotopic (exact) mass is 294 g/mol. The lowest BCUT2D eigenvalue weighted by molar-refractivity contribution is -0.162. The van der Waals surface area contributed by atoms with Crippen LogP contribution in [0.4, 0.5) is 13.2 Å². The van der Waals surface area contributed by atoms with Crippen LogP contribution in [0.5, 0.6) is 0 Å². The van der Waals surface area contributed by atoms with Gasteiger partial charge in [-0.1, -0.05) is 13.8 Å². The number of nitrogens with one attached hydrogen (secondary N) is 1. The maximum Gasteiger partial charge on any atom is 0.406 e. The number of amides is 1. The summed E-state index contributed by atoms with van der Waals surface area (Å²) in [4.78, 5) is 13.0. The topological polar surface area (TPSA) is 32.3 Å². The van der Waals surface area contributed by atoms with Crippen LogP contribution < -0.4 is 5.32 Å². The van der Waals surface area contributed by atoms with Crippen molar-refractivity contribution in [1.29, 1.82) is 0 Å². The SMILES string of the molecule is CCCN(CC(F)(F)F)C(=O)CC(C)C1CCCNC1. The summed E-state index contributed by atoms with van der Waals surface area (Å²) in [6, 6.07) is 0. The van der Waals surface area contributed by atoms with Crippen molar-refractivity contribution < 1.29 is 18.0 Å². The average molecular weight is 294 g/mol. The van der Waals surface area contributed by atoms with E-state index < -0.39 is 12.7 Å². The first-order valence-corrected chi connectivity index (χ1v) is 7.38. The van der Waals surface area contributed by atoms with Gasteiger partial charge in [0.1, 0.15) is 6.54 Å². The van der Waals surface area contributed by atoms with E-state index in [1.54, 1.807) is 6.92 Å². The Labute approximate surface area is 118 Å². The van der Waals surface area contributed by atoms with Crippen molar-refractivity contribution in [2.24, 2.45) is 11.8 Å². The molecule has 1 N–H and O–H groups in total. The van der Waals surface area contributed by atoms with Gasteiger partial charge in [0.2, 0.25) is 5.91 Å². The first-order chi connectivity index (χ1) is 9.33. The minimum Gasteiger partial charge on any atom is -0.334 e. The molecule has 0 aliphatic carbocycles. The van der Waals surface area contributed by atoms with Crippen LogP contribution in [0.1, 0.15) is 39.5 Å². The molecule has 1 amide bonds. The van der Waals surface area contributed by atoms with Crippen LogP contribution >= 0.6 is 0 Å². The van der Waals surface area contributed by atoms with E-state index in [0.29, 0.717) is 12.3 Å². The molecule has 1 aliphatic heterocycles. The number of hydrogen-bond donors (Lipinski definition) is 1. The molecule has 6 heteroatoms. The minimum atomic E-state index is -4.32. The normalized spacial score (nSPS) is 21.6. The van der Waals surface area contributed by atoms with Gasteiger partial charge in [-0.2, -0.15) is 13.2 Å². The van der Waals surface area contributed by atoms with E-state index >= 15 is 0 Å². The van der Waals surface area contributed by atoms with Gasteiger partial charge in [0.25, 0.3) is 0 Å². The fourth-order valence-electron chi connectivity index (χ4n) is 2.71. The number of rotatable bonds is 6. The molecule has 0 spiro atoms. The third-order valence-corrected chi connectivity index (χ3v) is 3.85. The quantitative estimate of drug-likeness (QED) is 0.817. The molecule has 2 unspecified atom stereocenters. The molecule has 0 bridgehead atoms. The van der Waals surface area contributed by atoms with Gasteiger partial charge in [-0.05, 0) is 44.2 Å². The molecule has 1 saturated heterocycles. The molecule has 3 nitrogen and oxygen atoms in total. The van der Waals surface area contributed by atoms with Crippen LogP contribution in [0, 0.1) is 11.8 Å². The Morgan fingerprint density at radius 1 is 1.45 bits per heavy atom. The summed E-state index contributed by atoms with van der Waals surface area (Å²) < 4.78 is 37.4. The van der Waals surface area contributed by atoms with Gasteiger partial charge in [-0.25, -0.2) is 0 Å². The van der Waals surface area contributed by atoms with Gasteiger partial charge in [-0.15, -0.1) is 0 Å². The van der Waals surface area contributed by atoms with E-state index in [1.807, 2.05) is 6.92 Å². The molecule has 1 rings (SSSR count). The van der Waals surface area contributed by atoms with Gasteiger partial charge >= 0.3 is 6.18 Å². The molecule has 1 aliphatic rings. The Morgan fingerprint density at radius 3 is 2.65 bits per heavy atom. The number of piperidine rings is 1. The zero-order valence-corrected chi connectivity index (χ0v) is 12.3.